The van der Waals surface area contributed by atoms with Gasteiger partial charge in [0.15, 0.2) is 11.5 Å². The molecule has 1 saturated carbocycles. The van der Waals surface area contributed by atoms with E-state index >= 15 is 0 Å². The summed E-state index contributed by atoms with van der Waals surface area (Å²) in [6, 6.07) is 2.55. The molecule has 5 atom stereocenters. The van der Waals surface area contributed by atoms with Gasteiger partial charge in [-0.25, -0.2) is 0 Å². The molecule has 4 rings (SSSR count). The van der Waals surface area contributed by atoms with Crippen LogP contribution in [0.15, 0.2) is 12.1 Å². The van der Waals surface area contributed by atoms with Crippen molar-refractivity contribution in [3.05, 3.63) is 23.3 Å². The largest absolute Gasteiger partial charge is 0.454 e. The molecule has 1 fully saturated rings. The van der Waals surface area contributed by atoms with Crippen LogP contribution in [-0.4, -0.2) is 52.4 Å². The molecule has 5 unspecified atom stereocenters. The van der Waals surface area contributed by atoms with E-state index in [1.807, 2.05) is 0 Å². The predicted molar refractivity (Wildman–Crippen MR) is 69.2 cm³/mol. The van der Waals surface area contributed by atoms with Gasteiger partial charge in [-0.3, -0.25) is 4.79 Å². The second kappa shape index (κ2) is 4.33. The fourth-order valence-corrected chi connectivity index (χ4v) is 3.46. The van der Waals surface area contributed by atoms with Crippen LogP contribution in [0.1, 0.15) is 28.3 Å². The summed E-state index contributed by atoms with van der Waals surface area (Å²) in [7, 11) is 0. The SMILES string of the molecule is O=C1NC2C(O)C(O)CC(O)C2c2cc3c(cc21)OCO3. The van der Waals surface area contributed by atoms with E-state index in [1.165, 1.54) is 0 Å². The topological polar surface area (TPSA) is 108 Å². The zero-order valence-corrected chi connectivity index (χ0v) is 11.0. The van der Waals surface area contributed by atoms with Gasteiger partial charge >= 0.3 is 0 Å². The number of aliphatic hydroxyl groups is 3. The molecule has 0 spiro atoms. The molecular formula is C14H15NO6. The molecule has 0 saturated heterocycles. The third-order valence-corrected chi connectivity index (χ3v) is 4.49. The minimum atomic E-state index is -1.11. The molecule has 0 aromatic heterocycles. The number of amides is 1. The van der Waals surface area contributed by atoms with Gasteiger partial charge in [0.05, 0.1) is 18.2 Å². The lowest BCUT2D eigenvalue weighted by Gasteiger charge is -2.45. The lowest BCUT2D eigenvalue weighted by molar-refractivity contribution is -0.0792. The quantitative estimate of drug-likeness (QED) is 0.493. The van der Waals surface area contributed by atoms with Crippen molar-refractivity contribution in [3.63, 3.8) is 0 Å². The average Bonchev–Trinajstić information content (AvgIpc) is 2.90. The zero-order valence-electron chi connectivity index (χ0n) is 11.0. The fourth-order valence-electron chi connectivity index (χ4n) is 3.46. The van der Waals surface area contributed by atoms with E-state index in [1.54, 1.807) is 12.1 Å². The van der Waals surface area contributed by atoms with Crippen LogP contribution in [0.4, 0.5) is 0 Å². The van der Waals surface area contributed by atoms with Gasteiger partial charge in [0, 0.05) is 17.9 Å². The Morgan fingerprint density at radius 1 is 1.10 bits per heavy atom. The number of aliphatic hydroxyl groups excluding tert-OH is 3. The minimum absolute atomic E-state index is 0.0616. The lowest BCUT2D eigenvalue weighted by atomic mass is 9.71. The van der Waals surface area contributed by atoms with Crippen molar-refractivity contribution in [2.24, 2.45) is 0 Å². The summed E-state index contributed by atoms with van der Waals surface area (Å²) in [5.74, 6) is 0.179. The number of hydrogen-bond donors (Lipinski definition) is 4. The van der Waals surface area contributed by atoms with E-state index in [2.05, 4.69) is 5.32 Å². The van der Waals surface area contributed by atoms with Crippen LogP contribution in [0.25, 0.3) is 0 Å². The Morgan fingerprint density at radius 2 is 1.81 bits per heavy atom. The first-order valence-electron chi connectivity index (χ1n) is 6.85. The smallest absolute Gasteiger partial charge is 0.252 e. The summed E-state index contributed by atoms with van der Waals surface area (Å²) in [6.07, 6.45) is -2.96. The van der Waals surface area contributed by atoms with Crippen LogP contribution < -0.4 is 14.8 Å². The number of fused-ring (bicyclic) bond motifs is 4. The minimum Gasteiger partial charge on any atom is -0.454 e. The molecule has 21 heavy (non-hydrogen) atoms. The second-order valence-corrected chi connectivity index (χ2v) is 5.68. The Labute approximate surface area is 120 Å². The highest BCUT2D eigenvalue weighted by Gasteiger charge is 2.48. The second-order valence-electron chi connectivity index (χ2n) is 5.68. The Bertz CT molecular complexity index is 618. The number of carbonyl (C=O) groups is 1. The predicted octanol–water partition coefficient (Wildman–Crippen LogP) is -0.903. The summed E-state index contributed by atoms with van der Waals surface area (Å²) in [5.41, 5.74) is 1.02. The molecule has 1 amide bonds. The first-order valence-corrected chi connectivity index (χ1v) is 6.85. The molecular weight excluding hydrogens is 278 g/mol. The molecule has 0 radical (unpaired) electrons. The normalized spacial score (nSPS) is 36.7. The molecule has 2 aliphatic heterocycles. The van der Waals surface area contributed by atoms with E-state index in [-0.39, 0.29) is 19.1 Å². The van der Waals surface area contributed by atoms with Gasteiger partial charge in [-0.1, -0.05) is 0 Å². The Hall–Kier alpha value is -1.83. The summed E-state index contributed by atoms with van der Waals surface area (Å²) < 4.78 is 10.6. The molecule has 3 aliphatic rings. The van der Waals surface area contributed by atoms with Gasteiger partial charge < -0.3 is 30.1 Å². The van der Waals surface area contributed by atoms with Gasteiger partial charge in [0.1, 0.15) is 6.10 Å². The van der Waals surface area contributed by atoms with Crippen molar-refractivity contribution in [2.45, 2.75) is 36.7 Å². The van der Waals surface area contributed by atoms with Crippen LogP contribution in [0, 0.1) is 0 Å². The molecule has 4 N–H and O–H groups in total. The number of benzene rings is 1. The Balaban J connectivity index is 1.84. The Kier molecular flexibility index (Phi) is 2.66. The van der Waals surface area contributed by atoms with Crippen LogP contribution >= 0.6 is 0 Å². The van der Waals surface area contributed by atoms with E-state index in [0.717, 1.165) is 0 Å². The van der Waals surface area contributed by atoms with Gasteiger partial charge in [0.2, 0.25) is 6.79 Å². The maximum atomic E-state index is 12.2. The van der Waals surface area contributed by atoms with Crippen molar-refractivity contribution < 1.29 is 29.6 Å². The molecule has 7 heteroatoms. The summed E-state index contributed by atoms with van der Waals surface area (Å²) in [5, 5.41) is 32.8. The van der Waals surface area contributed by atoms with Crippen molar-refractivity contribution in [2.75, 3.05) is 6.79 Å². The number of carbonyl (C=O) groups excluding carboxylic acids is 1. The van der Waals surface area contributed by atoms with Crippen molar-refractivity contribution in [1.82, 2.24) is 5.32 Å². The molecule has 7 nitrogen and oxygen atoms in total. The summed E-state index contributed by atoms with van der Waals surface area (Å²) >= 11 is 0. The molecule has 0 bridgehead atoms. The van der Waals surface area contributed by atoms with Crippen LogP contribution in [0.2, 0.25) is 0 Å². The summed E-state index contributed by atoms with van der Waals surface area (Å²) in [4.78, 5) is 12.2. The zero-order chi connectivity index (χ0) is 14.7. The van der Waals surface area contributed by atoms with E-state index in [0.29, 0.717) is 22.6 Å². The van der Waals surface area contributed by atoms with Crippen LogP contribution in [-0.2, 0) is 0 Å². The third kappa shape index (κ3) is 1.75. The van der Waals surface area contributed by atoms with Gasteiger partial charge in [0.25, 0.3) is 5.91 Å². The highest BCUT2D eigenvalue weighted by molar-refractivity contribution is 5.98. The average molecular weight is 293 g/mol. The van der Waals surface area contributed by atoms with E-state index < -0.39 is 30.3 Å². The first-order chi connectivity index (χ1) is 10.1. The molecule has 112 valence electrons. The molecule has 1 aromatic carbocycles. The number of nitrogens with one attached hydrogen (secondary N) is 1. The number of ether oxygens (including phenoxy) is 2. The van der Waals surface area contributed by atoms with Crippen molar-refractivity contribution in [3.8, 4) is 11.5 Å². The van der Waals surface area contributed by atoms with Crippen molar-refractivity contribution >= 4 is 5.91 Å². The van der Waals surface area contributed by atoms with E-state index in [4.69, 9.17) is 9.47 Å². The van der Waals surface area contributed by atoms with Gasteiger partial charge in [-0.15, -0.1) is 0 Å². The third-order valence-electron chi connectivity index (χ3n) is 4.49. The standard InChI is InChI=1S/C14H15NO6/c16-7-3-8(17)13(18)12-11(7)5-1-9-10(21-4-20-9)2-6(5)14(19)15-12/h1-2,7-8,11-13,16-18H,3-4H2,(H,15,19). The maximum absolute atomic E-state index is 12.2. The van der Waals surface area contributed by atoms with Gasteiger partial charge in [-0.05, 0) is 17.7 Å². The number of rotatable bonds is 0. The van der Waals surface area contributed by atoms with Crippen LogP contribution in [0.3, 0.4) is 0 Å². The highest BCUT2D eigenvalue weighted by Crippen LogP contribution is 2.44. The van der Waals surface area contributed by atoms with Gasteiger partial charge in [-0.2, -0.15) is 0 Å². The number of hydrogen-bond acceptors (Lipinski definition) is 6. The molecule has 2 heterocycles. The van der Waals surface area contributed by atoms with E-state index in [9.17, 15) is 20.1 Å². The molecule has 1 aliphatic carbocycles. The lowest BCUT2D eigenvalue weighted by Crippen LogP contribution is -2.61. The highest BCUT2D eigenvalue weighted by atomic mass is 16.7. The fraction of sp³-hybridized carbons (Fsp3) is 0.500. The molecule has 1 aromatic rings. The monoisotopic (exact) mass is 293 g/mol. The summed E-state index contributed by atoms with van der Waals surface area (Å²) in [6.45, 7) is 0.0951. The Morgan fingerprint density at radius 3 is 2.57 bits per heavy atom. The van der Waals surface area contributed by atoms with Crippen LogP contribution in [0.5, 0.6) is 11.5 Å². The van der Waals surface area contributed by atoms with Crippen molar-refractivity contribution in [1.29, 1.82) is 0 Å². The maximum Gasteiger partial charge on any atom is 0.252 e. The first kappa shape index (κ1) is 12.9.